The van der Waals surface area contributed by atoms with E-state index >= 15 is 0 Å². The molecule has 1 aromatic heterocycles. The van der Waals surface area contributed by atoms with Gasteiger partial charge in [-0.15, -0.1) is 17.9 Å². The van der Waals surface area contributed by atoms with E-state index in [0.717, 1.165) is 54.9 Å². The second-order valence-electron chi connectivity index (χ2n) is 20.5. The average Bonchev–Trinajstić information content (AvgIpc) is 3.79. The number of ketones is 1. The third-order valence-electron chi connectivity index (χ3n) is 7.08. The topological polar surface area (TPSA) is 68.6 Å². The fourth-order valence-corrected chi connectivity index (χ4v) is 5.26. The first kappa shape index (κ1) is 67.2. The van der Waals surface area contributed by atoms with Crippen LogP contribution in [0.25, 0.3) is 0 Å². The summed E-state index contributed by atoms with van der Waals surface area (Å²) in [6.07, 6.45) is 15.3. The summed E-state index contributed by atoms with van der Waals surface area (Å²) < 4.78 is 5.11. The Hall–Kier alpha value is -2.86. The standard InChI is InChI=1S/C10H14.C9H18O2.C8H13N.C7H11NS.C6H12O.C6H12.C5H12.C4H10/c1-9(2)8-10-6-4-3-5-7-10;1-7(2)6-8(10)11-9(3,4)5;1-7(2)5-8-3-4-9-6-8;1-6(2)3-7-4-8-5-9-7;1-5(2)4-6(3)7;1-4-5-6(2)3;1-4-5(2)3;1-4(2)3/h3-7,9H,8H2,1-2H3;7H,6H2,1-5H3;3,6-7H,4-5H2,1-2H3;4-6H,3H2,1-2H3;5H,4H2,1-3H3;4,6H,1,5H2,2-3H3;5H,4H2,1-3H3;4H,1-3H3. The highest BCUT2D eigenvalue weighted by Gasteiger charge is 2.16. The SMILES string of the molecule is C=CCC(C)C.CC(=O)CC(C)C.CC(C)C.CC(C)CC(=O)OC(C)(C)C.CC(C)CC1=CCN=C1.CC(C)Cc1ccccc1.CC(C)Cc1cncs1.CCC(C)C. The molecule has 0 atom stereocenters. The quantitative estimate of drug-likeness (QED) is 0.149. The molecular formula is C55H102N2O3S. The number of allylic oxidation sites excluding steroid dienone is 2. The molecule has 1 aliphatic rings. The highest BCUT2D eigenvalue weighted by atomic mass is 32.1. The smallest absolute Gasteiger partial charge is 0.306 e. The maximum Gasteiger partial charge on any atom is 0.306 e. The van der Waals surface area contributed by atoms with Crippen LogP contribution in [0.4, 0.5) is 0 Å². The number of nitrogens with zero attached hydrogens (tertiary/aromatic N) is 2. The van der Waals surface area contributed by atoms with Gasteiger partial charge in [0.25, 0.3) is 0 Å². The first-order chi connectivity index (χ1) is 28.1. The first-order valence-electron chi connectivity index (χ1n) is 23.5. The van der Waals surface area contributed by atoms with Crippen molar-refractivity contribution < 1.29 is 14.3 Å². The molecule has 0 saturated carbocycles. The van der Waals surface area contributed by atoms with Gasteiger partial charge in [0, 0.05) is 30.1 Å². The second-order valence-corrected chi connectivity index (χ2v) is 21.4. The van der Waals surface area contributed by atoms with Crippen molar-refractivity contribution in [3.8, 4) is 0 Å². The first-order valence-corrected chi connectivity index (χ1v) is 24.4. The molecule has 5 nitrogen and oxygen atoms in total. The molecule has 0 spiro atoms. The van der Waals surface area contributed by atoms with Gasteiger partial charge >= 0.3 is 5.97 Å². The van der Waals surface area contributed by atoms with Gasteiger partial charge in [-0.1, -0.05) is 174 Å². The molecule has 1 aliphatic heterocycles. The number of hydrogen-bond donors (Lipinski definition) is 0. The Kier molecular flexibility index (Phi) is 48.2. The van der Waals surface area contributed by atoms with Gasteiger partial charge in [-0.2, -0.15) is 0 Å². The van der Waals surface area contributed by atoms with Crippen molar-refractivity contribution in [2.75, 3.05) is 6.54 Å². The molecule has 2 heterocycles. The van der Waals surface area contributed by atoms with Gasteiger partial charge in [-0.3, -0.25) is 14.8 Å². The summed E-state index contributed by atoms with van der Waals surface area (Å²) in [5.41, 5.74) is 4.39. The van der Waals surface area contributed by atoms with E-state index in [0.29, 0.717) is 18.3 Å². The van der Waals surface area contributed by atoms with Crippen molar-refractivity contribution in [1.29, 1.82) is 0 Å². The fraction of sp³-hybridized carbons (Fsp3) is 0.709. The number of hydrogen-bond acceptors (Lipinski definition) is 6. The average molecular weight is 871 g/mol. The van der Waals surface area contributed by atoms with Crippen LogP contribution >= 0.6 is 11.3 Å². The van der Waals surface area contributed by atoms with Crippen LogP contribution in [0.1, 0.15) is 195 Å². The third kappa shape index (κ3) is 71.9. The highest BCUT2D eigenvalue weighted by Crippen LogP contribution is 2.13. The molecule has 61 heavy (non-hydrogen) atoms. The summed E-state index contributed by atoms with van der Waals surface area (Å²) in [5, 5.41) is 0. The molecule has 0 N–H and O–H groups in total. The zero-order valence-electron chi connectivity index (χ0n) is 44.3. The minimum atomic E-state index is -0.341. The minimum Gasteiger partial charge on any atom is -0.460 e. The van der Waals surface area contributed by atoms with Gasteiger partial charge in [0.1, 0.15) is 11.4 Å². The monoisotopic (exact) mass is 871 g/mol. The van der Waals surface area contributed by atoms with Gasteiger partial charge in [0.2, 0.25) is 0 Å². The molecule has 356 valence electrons. The largest absolute Gasteiger partial charge is 0.460 e. The van der Waals surface area contributed by atoms with E-state index < -0.39 is 0 Å². The molecule has 1 aromatic carbocycles. The van der Waals surface area contributed by atoms with Gasteiger partial charge in [0.15, 0.2) is 0 Å². The van der Waals surface area contributed by atoms with Crippen LogP contribution in [0.5, 0.6) is 0 Å². The minimum absolute atomic E-state index is 0.104. The Morgan fingerprint density at radius 2 is 1.20 bits per heavy atom. The number of Topliss-reactive ketones (excluding diaryl/α,β-unsaturated/α-hetero) is 1. The zero-order valence-corrected chi connectivity index (χ0v) is 45.1. The summed E-state index contributed by atoms with van der Waals surface area (Å²) in [7, 11) is 0. The van der Waals surface area contributed by atoms with Crippen LogP contribution in [0.3, 0.4) is 0 Å². The van der Waals surface area contributed by atoms with E-state index in [1.807, 2.05) is 72.5 Å². The Morgan fingerprint density at radius 1 is 0.721 bits per heavy atom. The van der Waals surface area contributed by atoms with Crippen molar-refractivity contribution in [2.45, 2.75) is 203 Å². The Morgan fingerprint density at radius 3 is 1.46 bits per heavy atom. The maximum atomic E-state index is 11.0. The van der Waals surface area contributed by atoms with Gasteiger partial charge < -0.3 is 9.53 Å². The summed E-state index contributed by atoms with van der Waals surface area (Å²) >= 11 is 1.74. The number of ether oxygens (including phenoxy) is 1. The van der Waals surface area contributed by atoms with E-state index in [9.17, 15) is 9.59 Å². The molecule has 0 bridgehead atoms. The van der Waals surface area contributed by atoms with Crippen molar-refractivity contribution in [3.63, 3.8) is 0 Å². The van der Waals surface area contributed by atoms with E-state index in [1.54, 1.807) is 18.3 Å². The molecule has 6 heteroatoms. The lowest BCUT2D eigenvalue weighted by Gasteiger charge is -2.19. The molecule has 0 fully saturated rings. The van der Waals surface area contributed by atoms with Crippen LogP contribution < -0.4 is 0 Å². The van der Waals surface area contributed by atoms with Crippen LogP contribution in [-0.2, 0) is 27.2 Å². The van der Waals surface area contributed by atoms with Crippen LogP contribution in [0.2, 0.25) is 0 Å². The lowest BCUT2D eigenvalue weighted by atomic mass is 10.0. The molecule has 0 radical (unpaired) electrons. The normalized spacial score (nSPS) is 11.3. The number of carbonyl (C=O) groups is 2. The molecule has 0 unspecified atom stereocenters. The highest BCUT2D eigenvalue weighted by molar-refractivity contribution is 7.09. The van der Waals surface area contributed by atoms with Crippen LogP contribution in [0, 0.1) is 47.3 Å². The maximum absolute atomic E-state index is 11.0. The molecule has 0 aliphatic carbocycles. The number of rotatable bonds is 13. The Labute approximate surface area is 385 Å². The number of benzene rings is 1. The fourth-order valence-electron chi connectivity index (χ4n) is 4.46. The van der Waals surface area contributed by atoms with Crippen molar-refractivity contribution in [1.82, 2.24) is 4.98 Å². The van der Waals surface area contributed by atoms with E-state index in [2.05, 4.69) is 150 Å². The summed E-state index contributed by atoms with van der Waals surface area (Å²) in [6.45, 7) is 50.8. The lowest BCUT2D eigenvalue weighted by molar-refractivity contribution is -0.155. The van der Waals surface area contributed by atoms with Gasteiger partial charge in [-0.25, -0.2) is 0 Å². The number of aromatic nitrogens is 1. The van der Waals surface area contributed by atoms with E-state index in [1.165, 1.54) is 41.7 Å². The molecule has 0 amide bonds. The third-order valence-corrected chi connectivity index (χ3v) is 7.89. The van der Waals surface area contributed by atoms with Crippen LogP contribution in [0.15, 0.2) is 71.3 Å². The number of carbonyl (C=O) groups excluding carboxylic acids is 2. The number of esters is 1. The van der Waals surface area contributed by atoms with Crippen molar-refractivity contribution in [2.24, 2.45) is 52.3 Å². The predicted octanol–water partition coefficient (Wildman–Crippen LogP) is 17.2. The summed E-state index contributed by atoms with van der Waals surface area (Å²) in [5.74, 6) is 5.87. The van der Waals surface area contributed by atoms with Crippen molar-refractivity contribution >= 4 is 29.3 Å². The molecule has 2 aromatic rings. The predicted molar refractivity (Wildman–Crippen MR) is 277 cm³/mol. The van der Waals surface area contributed by atoms with E-state index in [4.69, 9.17) is 4.74 Å². The zero-order chi connectivity index (χ0) is 48.6. The molecular weight excluding hydrogens is 769 g/mol. The van der Waals surface area contributed by atoms with Crippen LogP contribution in [-0.4, -0.2) is 35.1 Å². The Balaban J connectivity index is -0.000000199. The summed E-state index contributed by atoms with van der Waals surface area (Å²) in [4.78, 5) is 30.8. The van der Waals surface area contributed by atoms with Crippen molar-refractivity contribution in [3.05, 3.63) is 76.8 Å². The number of thiazole rings is 1. The molecule has 3 rings (SSSR count). The Bertz CT molecular complexity index is 1290. The van der Waals surface area contributed by atoms with Gasteiger partial charge in [-0.05, 0) is 112 Å². The lowest BCUT2D eigenvalue weighted by Crippen LogP contribution is -2.24. The second kappa shape index (κ2) is 43.8. The van der Waals surface area contributed by atoms with E-state index in [-0.39, 0.29) is 17.4 Å². The van der Waals surface area contributed by atoms with Gasteiger partial charge in [0.05, 0.1) is 12.1 Å². The summed E-state index contributed by atoms with van der Waals surface area (Å²) in [6, 6.07) is 10.6. The molecule has 0 saturated heterocycles. The number of aliphatic imine (C=N–C) groups is 1.